The summed E-state index contributed by atoms with van der Waals surface area (Å²) in [6.45, 7) is 8.26. The molecule has 2 atom stereocenters. The summed E-state index contributed by atoms with van der Waals surface area (Å²) < 4.78 is 14.1. The first-order chi connectivity index (χ1) is 16.0. The number of carbonyl (C=O) groups is 1. The van der Waals surface area contributed by atoms with Gasteiger partial charge in [0.2, 0.25) is 0 Å². The van der Waals surface area contributed by atoms with Gasteiger partial charge in [-0.25, -0.2) is 4.39 Å². The predicted molar refractivity (Wildman–Crippen MR) is 132 cm³/mol. The summed E-state index contributed by atoms with van der Waals surface area (Å²) in [7, 11) is 0. The molecule has 1 amide bonds. The zero-order valence-corrected chi connectivity index (χ0v) is 19.5. The highest BCUT2D eigenvalue weighted by atomic mass is 19.1. The minimum atomic E-state index is -0.202. The highest BCUT2D eigenvalue weighted by Gasteiger charge is 2.36. The molecule has 1 aliphatic heterocycles. The van der Waals surface area contributed by atoms with Crippen LogP contribution in [0.1, 0.15) is 41.3 Å². The van der Waals surface area contributed by atoms with E-state index in [9.17, 15) is 9.18 Å². The molecule has 3 aromatic carbocycles. The maximum Gasteiger partial charge on any atom is 0.253 e. The lowest BCUT2D eigenvalue weighted by molar-refractivity contribution is 0.0703. The number of hydrogen-bond acceptors (Lipinski definition) is 2. The third-order valence-electron chi connectivity index (χ3n) is 6.39. The largest absolute Gasteiger partial charge is 0.338 e. The Hall–Kier alpha value is -2.98. The average molecular weight is 445 g/mol. The predicted octanol–water partition coefficient (Wildman–Crippen LogP) is 5.84. The zero-order valence-electron chi connectivity index (χ0n) is 19.5. The topological polar surface area (TPSA) is 23.6 Å². The average Bonchev–Trinajstić information content (AvgIpc) is 3.21. The molecule has 0 radical (unpaired) electrons. The lowest BCUT2D eigenvalue weighted by atomic mass is 9.88. The first-order valence-electron chi connectivity index (χ1n) is 11.9. The molecule has 4 heteroatoms. The van der Waals surface area contributed by atoms with Gasteiger partial charge in [-0.1, -0.05) is 74.5 Å². The first kappa shape index (κ1) is 23.2. The molecule has 0 spiro atoms. The lowest BCUT2D eigenvalue weighted by Crippen LogP contribution is -2.39. The second-order valence-electron chi connectivity index (χ2n) is 9.57. The van der Waals surface area contributed by atoms with Crippen molar-refractivity contribution in [1.82, 2.24) is 9.80 Å². The van der Waals surface area contributed by atoms with Crippen molar-refractivity contribution in [3.8, 4) is 0 Å². The summed E-state index contributed by atoms with van der Waals surface area (Å²) in [4.78, 5) is 17.8. The molecule has 33 heavy (non-hydrogen) atoms. The Morgan fingerprint density at radius 3 is 2.33 bits per heavy atom. The molecule has 0 aliphatic carbocycles. The molecule has 0 N–H and O–H groups in total. The van der Waals surface area contributed by atoms with Crippen LogP contribution in [0.5, 0.6) is 0 Å². The highest BCUT2D eigenvalue weighted by Crippen LogP contribution is 2.35. The molecule has 172 valence electrons. The fourth-order valence-corrected chi connectivity index (χ4v) is 4.96. The van der Waals surface area contributed by atoms with Crippen molar-refractivity contribution >= 4 is 5.91 Å². The zero-order chi connectivity index (χ0) is 23.2. The van der Waals surface area contributed by atoms with Crippen molar-refractivity contribution < 1.29 is 9.18 Å². The van der Waals surface area contributed by atoms with Crippen LogP contribution in [-0.2, 0) is 6.54 Å². The fraction of sp³-hybridized carbons (Fsp3) is 0.345. The van der Waals surface area contributed by atoms with Gasteiger partial charge in [0.05, 0.1) is 0 Å². The minimum absolute atomic E-state index is 0.0730. The van der Waals surface area contributed by atoms with E-state index in [0.29, 0.717) is 19.0 Å². The van der Waals surface area contributed by atoms with E-state index < -0.39 is 0 Å². The van der Waals surface area contributed by atoms with Crippen LogP contribution in [-0.4, -0.2) is 41.9 Å². The van der Waals surface area contributed by atoms with E-state index in [4.69, 9.17) is 0 Å². The summed E-state index contributed by atoms with van der Waals surface area (Å²) >= 11 is 0. The van der Waals surface area contributed by atoms with Crippen LogP contribution in [0.15, 0.2) is 84.9 Å². The van der Waals surface area contributed by atoms with Gasteiger partial charge in [-0.15, -0.1) is 0 Å². The van der Waals surface area contributed by atoms with Crippen LogP contribution >= 0.6 is 0 Å². The molecule has 0 saturated carbocycles. The van der Waals surface area contributed by atoms with Crippen LogP contribution in [0.4, 0.5) is 4.39 Å². The fourth-order valence-electron chi connectivity index (χ4n) is 4.96. The molecule has 4 rings (SSSR count). The van der Waals surface area contributed by atoms with Crippen LogP contribution in [0, 0.1) is 17.7 Å². The Labute approximate surface area is 196 Å². The second kappa shape index (κ2) is 10.8. The number of nitrogens with zero attached hydrogens (tertiary/aromatic N) is 2. The van der Waals surface area contributed by atoms with Crippen molar-refractivity contribution in [1.29, 1.82) is 0 Å². The molecule has 3 nitrogen and oxygen atoms in total. The van der Waals surface area contributed by atoms with E-state index >= 15 is 0 Å². The van der Waals surface area contributed by atoms with Gasteiger partial charge >= 0.3 is 0 Å². The quantitative estimate of drug-likeness (QED) is 0.436. The lowest BCUT2D eigenvalue weighted by Gasteiger charge is -2.30. The third kappa shape index (κ3) is 6.08. The van der Waals surface area contributed by atoms with Crippen LogP contribution < -0.4 is 0 Å². The Bertz CT molecular complexity index is 1040. The summed E-state index contributed by atoms with van der Waals surface area (Å²) in [6, 6.07) is 27.0. The minimum Gasteiger partial charge on any atom is -0.338 e. The Balaban J connectivity index is 1.58. The summed E-state index contributed by atoms with van der Waals surface area (Å²) in [5, 5.41) is 0. The van der Waals surface area contributed by atoms with E-state index in [1.54, 1.807) is 12.1 Å². The second-order valence-corrected chi connectivity index (χ2v) is 9.57. The third-order valence-corrected chi connectivity index (χ3v) is 6.39. The maximum absolute atomic E-state index is 14.1. The molecule has 1 saturated heterocycles. The standard InChI is InChI=1S/C29H33FN2O/c1-22(2)17-32(29(33)24-12-7-4-8-13-24)20-26-19-31(18-23-10-5-3-6-11-23)21-28(26)25-14-9-15-27(30)16-25/h3-16,22,26,28H,17-21H2,1-2H3. The Morgan fingerprint density at radius 1 is 0.970 bits per heavy atom. The Kier molecular flexibility index (Phi) is 7.56. The molecule has 2 unspecified atom stereocenters. The van der Waals surface area contributed by atoms with Crippen molar-refractivity contribution in [2.45, 2.75) is 26.3 Å². The van der Waals surface area contributed by atoms with Gasteiger partial charge in [0.15, 0.2) is 0 Å². The van der Waals surface area contributed by atoms with E-state index in [1.807, 2.05) is 47.4 Å². The molecule has 3 aromatic rings. The SMILES string of the molecule is CC(C)CN(CC1CN(Cc2ccccc2)CC1c1cccc(F)c1)C(=O)c1ccccc1. The van der Waals surface area contributed by atoms with Crippen molar-refractivity contribution in [2.75, 3.05) is 26.2 Å². The van der Waals surface area contributed by atoms with Gasteiger partial charge in [-0.05, 0) is 47.2 Å². The van der Waals surface area contributed by atoms with E-state index in [-0.39, 0.29) is 23.6 Å². The molecular formula is C29H33FN2O. The number of hydrogen-bond donors (Lipinski definition) is 0. The van der Waals surface area contributed by atoms with Gasteiger partial charge < -0.3 is 4.90 Å². The number of likely N-dealkylation sites (tertiary alicyclic amines) is 1. The number of amides is 1. The van der Waals surface area contributed by atoms with Crippen LogP contribution in [0.25, 0.3) is 0 Å². The van der Waals surface area contributed by atoms with Gasteiger partial charge in [0.1, 0.15) is 5.82 Å². The van der Waals surface area contributed by atoms with Crippen LogP contribution in [0.2, 0.25) is 0 Å². The molecule has 1 heterocycles. The number of rotatable bonds is 8. The summed E-state index contributed by atoms with van der Waals surface area (Å²) in [6.07, 6.45) is 0. The number of carbonyl (C=O) groups excluding carboxylic acids is 1. The first-order valence-corrected chi connectivity index (χ1v) is 11.9. The van der Waals surface area contributed by atoms with Gasteiger partial charge in [0, 0.05) is 44.2 Å². The Morgan fingerprint density at radius 2 is 1.67 bits per heavy atom. The molecule has 1 aliphatic rings. The van der Waals surface area contributed by atoms with E-state index in [0.717, 1.165) is 30.8 Å². The molecular weight excluding hydrogens is 411 g/mol. The highest BCUT2D eigenvalue weighted by molar-refractivity contribution is 5.94. The maximum atomic E-state index is 14.1. The monoisotopic (exact) mass is 444 g/mol. The van der Waals surface area contributed by atoms with Gasteiger partial charge in [0.25, 0.3) is 5.91 Å². The normalized spacial score (nSPS) is 18.5. The number of benzene rings is 3. The van der Waals surface area contributed by atoms with Gasteiger partial charge in [-0.2, -0.15) is 0 Å². The summed E-state index contributed by atoms with van der Waals surface area (Å²) in [5.74, 6) is 0.660. The molecule has 1 fully saturated rings. The van der Waals surface area contributed by atoms with Gasteiger partial charge in [-0.3, -0.25) is 9.69 Å². The van der Waals surface area contributed by atoms with E-state index in [2.05, 4.69) is 43.0 Å². The van der Waals surface area contributed by atoms with E-state index in [1.165, 1.54) is 11.6 Å². The van der Waals surface area contributed by atoms with Crippen molar-refractivity contribution in [3.05, 3.63) is 107 Å². The smallest absolute Gasteiger partial charge is 0.253 e. The van der Waals surface area contributed by atoms with Crippen molar-refractivity contribution in [2.24, 2.45) is 11.8 Å². The molecule has 0 aromatic heterocycles. The summed E-state index contributed by atoms with van der Waals surface area (Å²) in [5.41, 5.74) is 3.02. The number of halogens is 1. The van der Waals surface area contributed by atoms with Crippen LogP contribution in [0.3, 0.4) is 0 Å². The molecule has 0 bridgehead atoms. The van der Waals surface area contributed by atoms with Crippen molar-refractivity contribution in [3.63, 3.8) is 0 Å².